The summed E-state index contributed by atoms with van der Waals surface area (Å²) in [6, 6.07) is 1.95. The van der Waals surface area contributed by atoms with E-state index in [1.165, 1.54) is 0 Å². The maximum Gasteiger partial charge on any atom is 0.0831 e. The first-order valence-corrected chi connectivity index (χ1v) is 4.88. The first kappa shape index (κ1) is 10.9. The Morgan fingerprint density at radius 1 is 1.50 bits per heavy atom. The van der Waals surface area contributed by atoms with Crippen LogP contribution in [0.25, 0.3) is 0 Å². The topological polar surface area (TPSA) is 25.2 Å². The van der Waals surface area contributed by atoms with Gasteiger partial charge in [0.05, 0.1) is 12.6 Å². The molecule has 14 heavy (non-hydrogen) atoms. The number of nitrogens with zero attached hydrogens (tertiary/aromatic N) is 1. The number of hydrogen-bond acceptors (Lipinski definition) is 1. The molecule has 1 atom stereocenters. The van der Waals surface area contributed by atoms with Gasteiger partial charge in [0.2, 0.25) is 0 Å². The zero-order chi connectivity index (χ0) is 10.6. The number of aromatic nitrogens is 1. The van der Waals surface area contributed by atoms with Gasteiger partial charge >= 0.3 is 0 Å². The lowest BCUT2D eigenvalue weighted by atomic mass is 10.0. The van der Waals surface area contributed by atoms with Crippen molar-refractivity contribution in [3.8, 4) is 11.8 Å². The molecule has 0 fully saturated rings. The largest absolute Gasteiger partial charge is 0.388 e. The Balaban J connectivity index is 2.70. The van der Waals surface area contributed by atoms with Crippen LogP contribution in [0.2, 0.25) is 0 Å². The molecule has 0 saturated carbocycles. The molecule has 0 aliphatic rings. The van der Waals surface area contributed by atoms with Crippen LogP contribution in [0.3, 0.4) is 0 Å². The minimum absolute atomic E-state index is 0.253. The fourth-order valence-electron chi connectivity index (χ4n) is 1.29. The first-order chi connectivity index (χ1) is 6.65. The van der Waals surface area contributed by atoms with E-state index >= 15 is 0 Å². The normalized spacial score (nSPS) is 12.4. The second-order valence-electron chi connectivity index (χ2n) is 3.73. The van der Waals surface area contributed by atoms with Crippen LogP contribution in [0.1, 0.15) is 32.4 Å². The Labute approximate surface area is 85.6 Å². The van der Waals surface area contributed by atoms with E-state index in [1.807, 2.05) is 43.8 Å². The summed E-state index contributed by atoms with van der Waals surface area (Å²) in [6.07, 6.45) is 3.53. The Bertz CT molecular complexity index is 341. The van der Waals surface area contributed by atoms with E-state index in [2.05, 4.69) is 11.8 Å². The quantitative estimate of drug-likeness (QED) is 0.728. The van der Waals surface area contributed by atoms with Crippen LogP contribution in [0.4, 0.5) is 0 Å². The lowest BCUT2D eigenvalue weighted by Gasteiger charge is -2.12. The summed E-state index contributed by atoms with van der Waals surface area (Å²) in [7, 11) is 0. The van der Waals surface area contributed by atoms with Gasteiger partial charge in [0.15, 0.2) is 0 Å². The summed E-state index contributed by atoms with van der Waals surface area (Å²) in [4.78, 5) is 0. The molecule has 0 radical (unpaired) electrons. The van der Waals surface area contributed by atoms with Crippen LogP contribution < -0.4 is 0 Å². The predicted molar refractivity (Wildman–Crippen MR) is 57.7 cm³/mol. The highest BCUT2D eigenvalue weighted by molar-refractivity contribution is 5.15. The fraction of sp³-hybridized carbons (Fsp3) is 0.500. The Kier molecular flexibility index (Phi) is 3.79. The molecule has 0 bridgehead atoms. The third-order valence-electron chi connectivity index (χ3n) is 2.18. The highest BCUT2D eigenvalue weighted by Gasteiger charge is 2.12. The van der Waals surface area contributed by atoms with Crippen LogP contribution in [0, 0.1) is 17.8 Å². The molecule has 2 heteroatoms. The smallest absolute Gasteiger partial charge is 0.0831 e. The molecule has 0 aromatic carbocycles. The summed E-state index contributed by atoms with van der Waals surface area (Å²) < 4.78 is 1.98. The molecule has 1 aromatic heterocycles. The SMILES string of the molecule is CC#CCn1ccc(C(O)C(C)C)c1. The van der Waals surface area contributed by atoms with E-state index in [0.717, 1.165) is 5.56 Å². The summed E-state index contributed by atoms with van der Waals surface area (Å²) >= 11 is 0. The lowest BCUT2D eigenvalue weighted by Crippen LogP contribution is -2.04. The van der Waals surface area contributed by atoms with Gasteiger partial charge < -0.3 is 9.67 Å². The van der Waals surface area contributed by atoms with Crippen molar-refractivity contribution in [1.82, 2.24) is 4.57 Å². The third-order valence-corrected chi connectivity index (χ3v) is 2.18. The van der Waals surface area contributed by atoms with Gasteiger partial charge in [-0.2, -0.15) is 0 Å². The Morgan fingerprint density at radius 2 is 2.21 bits per heavy atom. The molecule has 0 saturated heterocycles. The second-order valence-corrected chi connectivity index (χ2v) is 3.73. The van der Waals surface area contributed by atoms with Gasteiger partial charge in [0, 0.05) is 12.4 Å². The summed E-state index contributed by atoms with van der Waals surface area (Å²) in [6.45, 7) is 6.54. The molecule has 0 aliphatic carbocycles. The van der Waals surface area contributed by atoms with Crippen molar-refractivity contribution in [2.75, 3.05) is 0 Å². The van der Waals surface area contributed by atoms with E-state index in [-0.39, 0.29) is 12.0 Å². The van der Waals surface area contributed by atoms with Gasteiger partial charge in [-0.1, -0.05) is 19.8 Å². The molecule has 1 N–H and O–H groups in total. The van der Waals surface area contributed by atoms with Crippen LogP contribution in [-0.4, -0.2) is 9.67 Å². The average molecular weight is 191 g/mol. The zero-order valence-electron chi connectivity index (χ0n) is 8.99. The fourth-order valence-corrected chi connectivity index (χ4v) is 1.29. The number of rotatable bonds is 3. The maximum absolute atomic E-state index is 9.79. The van der Waals surface area contributed by atoms with E-state index < -0.39 is 0 Å². The second kappa shape index (κ2) is 4.88. The van der Waals surface area contributed by atoms with Crippen LogP contribution in [-0.2, 0) is 6.54 Å². The van der Waals surface area contributed by atoms with Crippen LogP contribution in [0.5, 0.6) is 0 Å². The number of aliphatic hydroxyl groups excluding tert-OH is 1. The summed E-state index contributed by atoms with van der Waals surface area (Å²) in [5, 5.41) is 9.79. The number of hydrogen-bond donors (Lipinski definition) is 1. The zero-order valence-corrected chi connectivity index (χ0v) is 8.99. The van der Waals surface area contributed by atoms with Crippen molar-refractivity contribution >= 4 is 0 Å². The molecule has 1 unspecified atom stereocenters. The van der Waals surface area contributed by atoms with Gasteiger partial charge in [0.1, 0.15) is 0 Å². The van der Waals surface area contributed by atoms with E-state index in [0.29, 0.717) is 6.54 Å². The van der Waals surface area contributed by atoms with Crippen molar-refractivity contribution in [3.05, 3.63) is 24.0 Å². The molecular formula is C12H17NO. The molecule has 0 aliphatic heterocycles. The highest BCUT2D eigenvalue weighted by atomic mass is 16.3. The van der Waals surface area contributed by atoms with Crippen molar-refractivity contribution in [2.45, 2.75) is 33.4 Å². The molecular weight excluding hydrogens is 174 g/mol. The van der Waals surface area contributed by atoms with Gasteiger partial charge in [-0.15, -0.1) is 5.92 Å². The standard InChI is InChI=1S/C12H17NO/c1-4-5-7-13-8-6-11(9-13)12(14)10(2)3/h6,8-10,12,14H,7H2,1-3H3. The van der Waals surface area contributed by atoms with E-state index in [1.54, 1.807) is 0 Å². The Morgan fingerprint density at radius 3 is 2.79 bits per heavy atom. The van der Waals surface area contributed by atoms with E-state index in [4.69, 9.17) is 0 Å². The monoisotopic (exact) mass is 191 g/mol. The minimum atomic E-state index is -0.370. The van der Waals surface area contributed by atoms with Gasteiger partial charge in [-0.3, -0.25) is 0 Å². The van der Waals surface area contributed by atoms with Gasteiger partial charge in [0.25, 0.3) is 0 Å². The van der Waals surface area contributed by atoms with E-state index in [9.17, 15) is 5.11 Å². The lowest BCUT2D eigenvalue weighted by molar-refractivity contribution is 0.127. The summed E-state index contributed by atoms with van der Waals surface area (Å²) in [5.74, 6) is 6.07. The van der Waals surface area contributed by atoms with Crippen LogP contribution in [0.15, 0.2) is 18.5 Å². The van der Waals surface area contributed by atoms with Gasteiger partial charge in [-0.05, 0) is 24.5 Å². The van der Waals surface area contributed by atoms with Crippen molar-refractivity contribution in [2.24, 2.45) is 5.92 Å². The minimum Gasteiger partial charge on any atom is -0.388 e. The highest BCUT2D eigenvalue weighted by Crippen LogP contribution is 2.21. The molecule has 0 amide bonds. The van der Waals surface area contributed by atoms with Crippen molar-refractivity contribution < 1.29 is 5.11 Å². The van der Waals surface area contributed by atoms with Crippen molar-refractivity contribution in [3.63, 3.8) is 0 Å². The van der Waals surface area contributed by atoms with Crippen molar-refractivity contribution in [1.29, 1.82) is 0 Å². The third kappa shape index (κ3) is 2.65. The molecule has 1 rings (SSSR count). The van der Waals surface area contributed by atoms with Gasteiger partial charge in [-0.25, -0.2) is 0 Å². The van der Waals surface area contributed by atoms with Crippen LogP contribution >= 0.6 is 0 Å². The Hall–Kier alpha value is -1.20. The predicted octanol–water partition coefficient (Wildman–Crippen LogP) is 2.20. The molecule has 2 nitrogen and oxygen atoms in total. The molecule has 1 heterocycles. The average Bonchev–Trinajstić information content (AvgIpc) is 2.61. The maximum atomic E-state index is 9.79. The molecule has 1 aromatic rings. The molecule has 0 spiro atoms. The first-order valence-electron chi connectivity index (χ1n) is 4.88. The number of aliphatic hydroxyl groups is 1. The molecule has 76 valence electrons. The summed E-state index contributed by atoms with van der Waals surface area (Å²) in [5.41, 5.74) is 0.970.